The molecular formula is C14H13BrFN. The summed E-state index contributed by atoms with van der Waals surface area (Å²) in [6, 6.07) is 14.7. The zero-order chi connectivity index (χ0) is 12.3. The first-order valence-corrected chi connectivity index (χ1v) is 6.18. The third kappa shape index (κ3) is 2.93. The Labute approximate surface area is 109 Å². The Morgan fingerprint density at radius 2 is 1.76 bits per heavy atom. The van der Waals surface area contributed by atoms with Gasteiger partial charge in [-0.2, -0.15) is 0 Å². The van der Waals surface area contributed by atoms with Crippen LogP contribution in [0.4, 0.5) is 4.39 Å². The van der Waals surface area contributed by atoms with Crippen molar-refractivity contribution in [3.63, 3.8) is 0 Å². The van der Waals surface area contributed by atoms with E-state index in [0.717, 1.165) is 15.6 Å². The Morgan fingerprint density at radius 3 is 2.35 bits per heavy atom. The van der Waals surface area contributed by atoms with Gasteiger partial charge in [0.1, 0.15) is 5.82 Å². The molecule has 2 aromatic rings. The molecule has 0 bridgehead atoms. The molecule has 0 fully saturated rings. The molecule has 0 heterocycles. The van der Waals surface area contributed by atoms with E-state index in [2.05, 4.69) is 33.4 Å². The van der Waals surface area contributed by atoms with Gasteiger partial charge in [0.2, 0.25) is 0 Å². The van der Waals surface area contributed by atoms with Crippen molar-refractivity contribution < 1.29 is 4.39 Å². The third-order valence-corrected chi connectivity index (χ3v) is 3.17. The topological polar surface area (TPSA) is 12.0 Å². The van der Waals surface area contributed by atoms with Gasteiger partial charge in [0.15, 0.2) is 0 Å². The molecule has 1 atom stereocenters. The summed E-state index contributed by atoms with van der Waals surface area (Å²) < 4.78 is 13.9. The van der Waals surface area contributed by atoms with E-state index < -0.39 is 0 Å². The second-order valence-electron chi connectivity index (χ2n) is 3.83. The monoisotopic (exact) mass is 293 g/mol. The maximum Gasteiger partial charge on any atom is 0.123 e. The molecule has 0 saturated heterocycles. The Morgan fingerprint density at radius 1 is 1.06 bits per heavy atom. The molecule has 1 nitrogen and oxygen atoms in total. The number of halogens is 2. The van der Waals surface area contributed by atoms with Gasteiger partial charge in [-0.25, -0.2) is 4.39 Å². The molecule has 0 saturated carbocycles. The largest absolute Gasteiger partial charge is 0.309 e. The van der Waals surface area contributed by atoms with Crippen molar-refractivity contribution in [2.24, 2.45) is 0 Å². The van der Waals surface area contributed by atoms with Gasteiger partial charge < -0.3 is 5.32 Å². The molecule has 88 valence electrons. The summed E-state index contributed by atoms with van der Waals surface area (Å²) in [7, 11) is 1.90. The fourth-order valence-electron chi connectivity index (χ4n) is 1.87. The van der Waals surface area contributed by atoms with Crippen molar-refractivity contribution in [2.75, 3.05) is 7.05 Å². The summed E-state index contributed by atoms with van der Waals surface area (Å²) in [5, 5.41) is 3.24. The van der Waals surface area contributed by atoms with Crippen molar-refractivity contribution >= 4 is 15.9 Å². The van der Waals surface area contributed by atoms with E-state index >= 15 is 0 Å². The van der Waals surface area contributed by atoms with Gasteiger partial charge in [0, 0.05) is 4.47 Å². The maximum absolute atomic E-state index is 12.9. The molecule has 0 aliphatic heterocycles. The Hall–Kier alpha value is -1.19. The van der Waals surface area contributed by atoms with Crippen LogP contribution < -0.4 is 5.32 Å². The fraction of sp³-hybridized carbons (Fsp3) is 0.143. The number of nitrogens with one attached hydrogen (secondary N) is 1. The standard InChI is InChI=1S/C14H13BrFN/c1-17-14(10-5-7-13(16)8-6-10)11-3-2-4-12(15)9-11/h2-9,14,17H,1H3. The van der Waals surface area contributed by atoms with E-state index in [1.54, 1.807) is 12.1 Å². The molecule has 1 unspecified atom stereocenters. The Balaban J connectivity index is 2.36. The van der Waals surface area contributed by atoms with Crippen molar-refractivity contribution in [3.8, 4) is 0 Å². The molecular weight excluding hydrogens is 281 g/mol. The first-order valence-electron chi connectivity index (χ1n) is 5.39. The first kappa shape index (κ1) is 12.3. The second kappa shape index (κ2) is 5.43. The minimum atomic E-state index is -0.210. The molecule has 17 heavy (non-hydrogen) atoms. The average molecular weight is 294 g/mol. The van der Waals surface area contributed by atoms with Gasteiger partial charge in [-0.1, -0.05) is 40.2 Å². The van der Waals surface area contributed by atoms with Crippen LogP contribution in [0.2, 0.25) is 0 Å². The zero-order valence-electron chi connectivity index (χ0n) is 9.45. The van der Waals surface area contributed by atoms with Gasteiger partial charge >= 0.3 is 0 Å². The highest BCUT2D eigenvalue weighted by molar-refractivity contribution is 9.10. The molecule has 3 heteroatoms. The van der Waals surface area contributed by atoms with E-state index in [1.807, 2.05) is 19.2 Å². The summed E-state index contributed by atoms with van der Waals surface area (Å²) in [6.45, 7) is 0. The molecule has 2 aromatic carbocycles. The van der Waals surface area contributed by atoms with E-state index in [1.165, 1.54) is 12.1 Å². The van der Waals surface area contributed by atoms with Gasteiger partial charge in [0.25, 0.3) is 0 Å². The van der Waals surface area contributed by atoms with Crippen LogP contribution >= 0.6 is 15.9 Å². The molecule has 0 radical (unpaired) electrons. The molecule has 0 aromatic heterocycles. The van der Waals surface area contributed by atoms with Gasteiger partial charge in [-0.15, -0.1) is 0 Å². The SMILES string of the molecule is CNC(c1ccc(F)cc1)c1cccc(Br)c1. The molecule has 0 spiro atoms. The van der Waals surface area contributed by atoms with Crippen molar-refractivity contribution in [3.05, 3.63) is 69.9 Å². The number of hydrogen-bond donors (Lipinski definition) is 1. The van der Waals surface area contributed by atoms with Crippen LogP contribution in [-0.2, 0) is 0 Å². The van der Waals surface area contributed by atoms with Crippen LogP contribution in [0.5, 0.6) is 0 Å². The summed E-state index contributed by atoms with van der Waals surface area (Å²) in [5.41, 5.74) is 2.19. The zero-order valence-corrected chi connectivity index (χ0v) is 11.0. The number of rotatable bonds is 3. The lowest BCUT2D eigenvalue weighted by molar-refractivity contribution is 0.623. The van der Waals surface area contributed by atoms with Crippen molar-refractivity contribution in [1.29, 1.82) is 0 Å². The summed E-state index contributed by atoms with van der Waals surface area (Å²) >= 11 is 3.46. The van der Waals surface area contributed by atoms with Crippen LogP contribution in [-0.4, -0.2) is 7.05 Å². The fourth-order valence-corrected chi connectivity index (χ4v) is 2.28. The lowest BCUT2D eigenvalue weighted by atomic mass is 9.99. The second-order valence-corrected chi connectivity index (χ2v) is 4.74. The van der Waals surface area contributed by atoms with Crippen LogP contribution in [0.1, 0.15) is 17.2 Å². The number of hydrogen-bond acceptors (Lipinski definition) is 1. The van der Waals surface area contributed by atoms with E-state index in [4.69, 9.17) is 0 Å². The third-order valence-electron chi connectivity index (χ3n) is 2.67. The minimum Gasteiger partial charge on any atom is -0.309 e. The van der Waals surface area contributed by atoms with Gasteiger partial charge in [0.05, 0.1) is 6.04 Å². The predicted octanol–water partition coefficient (Wildman–Crippen LogP) is 3.90. The molecule has 0 aliphatic rings. The summed E-state index contributed by atoms with van der Waals surface area (Å²) in [6.07, 6.45) is 0. The van der Waals surface area contributed by atoms with E-state index in [0.29, 0.717) is 0 Å². The lowest BCUT2D eigenvalue weighted by Gasteiger charge is -2.17. The predicted molar refractivity (Wildman–Crippen MR) is 71.4 cm³/mol. The summed E-state index contributed by atoms with van der Waals surface area (Å²) in [5.74, 6) is -0.210. The van der Waals surface area contributed by atoms with Crippen LogP contribution in [0.15, 0.2) is 53.0 Å². The highest BCUT2D eigenvalue weighted by Crippen LogP contribution is 2.24. The Bertz CT molecular complexity index is 496. The molecule has 0 amide bonds. The first-order chi connectivity index (χ1) is 8.20. The van der Waals surface area contributed by atoms with Crippen LogP contribution in [0.25, 0.3) is 0 Å². The summed E-state index contributed by atoms with van der Waals surface area (Å²) in [4.78, 5) is 0. The van der Waals surface area contributed by atoms with E-state index in [9.17, 15) is 4.39 Å². The van der Waals surface area contributed by atoms with E-state index in [-0.39, 0.29) is 11.9 Å². The molecule has 0 aliphatic carbocycles. The highest BCUT2D eigenvalue weighted by Gasteiger charge is 2.11. The van der Waals surface area contributed by atoms with Crippen molar-refractivity contribution in [2.45, 2.75) is 6.04 Å². The van der Waals surface area contributed by atoms with Crippen LogP contribution in [0, 0.1) is 5.82 Å². The van der Waals surface area contributed by atoms with Crippen molar-refractivity contribution in [1.82, 2.24) is 5.32 Å². The Kier molecular flexibility index (Phi) is 3.92. The quantitative estimate of drug-likeness (QED) is 0.905. The lowest BCUT2D eigenvalue weighted by Crippen LogP contribution is -2.17. The average Bonchev–Trinajstić information content (AvgIpc) is 2.33. The minimum absolute atomic E-state index is 0.0769. The van der Waals surface area contributed by atoms with Crippen LogP contribution in [0.3, 0.4) is 0 Å². The normalized spacial score (nSPS) is 12.4. The smallest absolute Gasteiger partial charge is 0.123 e. The maximum atomic E-state index is 12.9. The van der Waals surface area contributed by atoms with Gasteiger partial charge in [-0.05, 0) is 42.4 Å². The molecule has 2 rings (SSSR count). The highest BCUT2D eigenvalue weighted by atomic mass is 79.9. The number of benzene rings is 2. The van der Waals surface area contributed by atoms with Gasteiger partial charge in [-0.3, -0.25) is 0 Å². The molecule has 1 N–H and O–H groups in total.